The van der Waals surface area contributed by atoms with Gasteiger partial charge in [0, 0.05) is 19.1 Å². The van der Waals surface area contributed by atoms with Crippen molar-refractivity contribution in [3.05, 3.63) is 39.9 Å². The zero-order valence-electron chi connectivity index (χ0n) is 7.19. The van der Waals surface area contributed by atoms with Crippen molar-refractivity contribution in [1.82, 2.24) is 0 Å². The molecule has 62 valence electrons. The van der Waals surface area contributed by atoms with Gasteiger partial charge in [-0.15, -0.1) is 0 Å². The van der Waals surface area contributed by atoms with Crippen LogP contribution in [0, 0.1) is 10.1 Å². The van der Waals surface area contributed by atoms with Crippen LogP contribution in [-0.4, -0.2) is 10.7 Å². The molecule has 0 bridgehead atoms. The van der Waals surface area contributed by atoms with Crippen molar-refractivity contribution in [2.45, 2.75) is 6.90 Å². The largest absolute Gasteiger partial charge is 0.295 e. The van der Waals surface area contributed by atoms with Crippen LogP contribution in [0.1, 0.15) is 18.6 Å². The predicted molar refractivity (Wildman–Crippen MR) is 43.1 cm³/mol. The molecular formula is C8H7NO3. The van der Waals surface area contributed by atoms with Crippen LogP contribution in [0.3, 0.4) is 0 Å². The van der Waals surface area contributed by atoms with Gasteiger partial charge in [0.15, 0.2) is 5.78 Å². The summed E-state index contributed by atoms with van der Waals surface area (Å²) in [5, 5.41) is 10.2. The van der Waals surface area contributed by atoms with Crippen molar-refractivity contribution in [3.8, 4) is 0 Å². The highest BCUT2D eigenvalue weighted by Gasteiger charge is 2.05. The lowest BCUT2D eigenvalue weighted by molar-refractivity contribution is -0.384. The number of carbonyl (C=O) groups excluding carboxylic acids is 1. The van der Waals surface area contributed by atoms with Gasteiger partial charge in [0.05, 0.1) is 4.92 Å². The van der Waals surface area contributed by atoms with Gasteiger partial charge >= 0.3 is 0 Å². The minimum absolute atomic E-state index is 0.0541. The van der Waals surface area contributed by atoms with Gasteiger partial charge in [-0.3, -0.25) is 14.9 Å². The van der Waals surface area contributed by atoms with Crippen LogP contribution < -0.4 is 0 Å². The van der Waals surface area contributed by atoms with Crippen LogP contribution in [0.25, 0.3) is 0 Å². The lowest BCUT2D eigenvalue weighted by Gasteiger charge is -1.93. The number of nitro groups is 1. The van der Waals surface area contributed by atoms with E-state index in [0.717, 1.165) is 0 Å². The van der Waals surface area contributed by atoms with E-state index in [0.29, 0.717) is 5.56 Å². The van der Waals surface area contributed by atoms with E-state index in [1.165, 1.54) is 24.3 Å². The van der Waals surface area contributed by atoms with E-state index in [1.54, 1.807) is 0 Å². The number of nitro benzene ring substituents is 1. The molecule has 0 aliphatic rings. The van der Waals surface area contributed by atoms with Gasteiger partial charge in [-0.2, -0.15) is 0 Å². The van der Waals surface area contributed by atoms with Crippen molar-refractivity contribution in [1.29, 1.82) is 0 Å². The number of hydrogen-bond acceptors (Lipinski definition) is 3. The molecule has 1 aromatic carbocycles. The zero-order chi connectivity index (χ0) is 9.84. The number of hydrogen-bond donors (Lipinski definition) is 0. The second kappa shape index (κ2) is 3.13. The molecule has 0 aliphatic heterocycles. The highest BCUT2D eigenvalue weighted by Crippen LogP contribution is 2.11. The van der Waals surface area contributed by atoms with Crippen molar-refractivity contribution in [2.24, 2.45) is 0 Å². The van der Waals surface area contributed by atoms with Crippen molar-refractivity contribution >= 4 is 11.5 Å². The average molecular weight is 166 g/mol. The summed E-state index contributed by atoms with van der Waals surface area (Å²) >= 11 is 0. The number of Topliss-reactive ketones (excluding diaryl/α,β-unsaturated/α-hetero) is 1. The molecule has 0 saturated carbocycles. The topological polar surface area (TPSA) is 60.2 Å². The quantitative estimate of drug-likeness (QED) is 0.382. The Morgan fingerprint density at radius 2 is 2.08 bits per heavy atom. The normalized spacial score (nSPS) is 10.5. The van der Waals surface area contributed by atoms with Crippen LogP contribution in [0.2, 0.25) is 0 Å². The molecule has 0 fully saturated rings. The number of ketones is 1. The standard InChI is InChI=1S/C8H7NO3/c1-6(10)7-2-4-8(5-3-7)9(11)12/h2-5H,1H3/i1D. The van der Waals surface area contributed by atoms with E-state index in [2.05, 4.69) is 0 Å². The Bertz CT molecular complexity index is 334. The zero-order valence-corrected chi connectivity index (χ0v) is 6.19. The van der Waals surface area contributed by atoms with Crippen LogP contribution in [0.4, 0.5) is 5.69 Å². The SMILES string of the molecule is [2H]CC(=O)c1ccc([N+](=O)[O-])cc1. The Morgan fingerprint density at radius 1 is 1.50 bits per heavy atom. The van der Waals surface area contributed by atoms with Crippen LogP contribution in [-0.2, 0) is 0 Å². The minimum Gasteiger partial charge on any atom is -0.295 e. The monoisotopic (exact) mass is 166 g/mol. The van der Waals surface area contributed by atoms with E-state index in [-0.39, 0.29) is 18.4 Å². The molecule has 0 radical (unpaired) electrons. The van der Waals surface area contributed by atoms with Crippen molar-refractivity contribution in [3.63, 3.8) is 0 Å². The van der Waals surface area contributed by atoms with Crippen molar-refractivity contribution < 1.29 is 11.1 Å². The smallest absolute Gasteiger partial charge is 0.269 e. The lowest BCUT2D eigenvalue weighted by atomic mass is 10.1. The van der Waals surface area contributed by atoms with Crippen molar-refractivity contribution in [2.75, 3.05) is 0 Å². The fraction of sp³-hybridized carbons (Fsp3) is 0.125. The summed E-state index contributed by atoms with van der Waals surface area (Å²) in [5.41, 5.74) is 0.280. The summed E-state index contributed by atoms with van der Waals surface area (Å²) in [6.07, 6.45) is 0. The van der Waals surface area contributed by atoms with Gasteiger partial charge in [-0.1, -0.05) is 0 Å². The Labute approximate surface area is 70.4 Å². The summed E-state index contributed by atoms with van der Waals surface area (Å²) in [5.74, 6) is -0.338. The lowest BCUT2D eigenvalue weighted by Crippen LogP contribution is -1.92. The van der Waals surface area contributed by atoms with Crippen LogP contribution in [0.5, 0.6) is 0 Å². The van der Waals surface area contributed by atoms with Gasteiger partial charge in [0.2, 0.25) is 0 Å². The average Bonchev–Trinajstić information content (AvgIpc) is 2.17. The number of rotatable bonds is 2. The van der Waals surface area contributed by atoms with Gasteiger partial charge in [0.1, 0.15) is 0 Å². The van der Waals surface area contributed by atoms with Gasteiger partial charge in [-0.25, -0.2) is 0 Å². The highest BCUT2D eigenvalue weighted by molar-refractivity contribution is 5.94. The third-order valence-electron chi connectivity index (χ3n) is 1.40. The molecule has 4 heteroatoms. The first kappa shape index (κ1) is 6.97. The predicted octanol–water partition coefficient (Wildman–Crippen LogP) is 1.80. The number of non-ortho nitro benzene ring substituents is 1. The van der Waals surface area contributed by atoms with E-state index in [1.807, 2.05) is 0 Å². The maximum absolute atomic E-state index is 10.9. The third kappa shape index (κ3) is 1.66. The molecule has 1 rings (SSSR count). The molecular weight excluding hydrogens is 158 g/mol. The van der Waals surface area contributed by atoms with E-state index < -0.39 is 4.92 Å². The molecule has 0 saturated heterocycles. The summed E-state index contributed by atoms with van der Waals surface area (Å²) in [6.45, 7) is -0.336. The first-order chi connectivity index (χ1) is 6.15. The van der Waals surface area contributed by atoms with E-state index in [4.69, 9.17) is 1.37 Å². The molecule has 0 spiro atoms. The van der Waals surface area contributed by atoms with E-state index >= 15 is 0 Å². The Hall–Kier alpha value is -1.71. The number of nitrogens with zero attached hydrogens (tertiary/aromatic N) is 1. The minimum atomic E-state index is -0.533. The molecule has 0 aliphatic carbocycles. The molecule has 0 heterocycles. The molecule has 0 aromatic heterocycles. The molecule has 0 amide bonds. The van der Waals surface area contributed by atoms with Gasteiger partial charge in [0.25, 0.3) is 5.69 Å². The molecule has 0 atom stereocenters. The fourth-order valence-corrected chi connectivity index (χ4v) is 0.769. The first-order valence-corrected chi connectivity index (χ1v) is 3.22. The fourth-order valence-electron chi connectivity index (χ4n) is 0.769. The molecule has 0 N–H and O–H groups in total. The molecule has 4 nitrogen and oxygen atoms in total. The first-order valence-electron chi connectivity index (χ1n) is 3.92. The Balaban J connectivity index is 2.93. The van der Waals surface area contributed by atoms with Crippen LogP contribution in [0.15, 0.2) is 24.3 Å². The summed E-state index contributed by atoms with van der Waals surface area (Å²) in [4.78, 5) is 20.6. The number of benzene rings is 1. The third-order valence-corrected chi connectivity index (χ3v) is 1.40. The summed E-state index contributed by atoms with van der Waals surface area (Å²) in [6, 6.07) is 5.22. The van der Waals surface area contributed by atoms with Gasteiger partial charge in [-0.05, 0) is 19.0 Å². The highest BCUT2D eigenvalue weighted by atomic mass is 16.6. The molecule has 1 aromatic rings. The Kier molecular flexibility index (Phi) is 1.82. The number of carbonyl (C=O) groups is 1. The van der Waals surface area contributed by atoms with E-state index in [9.17, 15) is 14.9 Å². The summed E-state index contributed by atoms with van der Waals surface area (Å²) in [7, 11) is 0. The Morgan fingerprint density at radius 3 is 2.50 bits per heavy atom. The second-order valence-electron chi connectivity index (χ2n) is 2.23. The van der Waals surface area contributed by atoms with Gasteiger partial charge < -0.3 is 0 Å². The van der Waals surface area contributed by atoms with Crippen LogP contribution >= 0.6 is 0 Å². The maximum atomic E-state index is 10.9. The summed E-state index contributed by atoms with van der Waals surface area (Å²) < 4.78 is 6.80. The molecule has 0 unspecified atom stereocenters. The molecule has 12 heavy (non-hydrogen) atoms. The maximum Gasteiger partial charge on any atom is 0.269 e. The second-order valence-corrected chi connectivity index (χ2v) is 2.23.